The highest BCUT2D eigenvalue weighted by atomic mass is 32.2. The van der Waals surface area contributed by atoms with Crippen LogP contribution in [0.2, 0.25) is 0 Å². The van der Waals surface area contributed by atoms with E-state index in [1.165, 1.54) is 0 Å². The van der Waals surface area contributed by atoms with Gasteiger partial charge in [-0.3, -0.25) is 9.59 Å². The van der Waals surface area contributed by atoms with E-state index in [1.54, 1.807) is 24.3 Å². The molecule has 7 nitrogen and oxygen atoms in total. The summed E-state index contributed by atoms with van der Waals surface area (Å²) in [5.41, 5.74) is 2.13. The number of ether oxygens (including phenoxy) is 1. The number of urea groups is 1. The molecule has 0 spiro atoms. The monoisotopic (exact) mass is 453 g/mol. The number of anilines is 1. The van der Waals surface area contributed by atoms with Gasteiger partial charge >= 0.3 is 12.0 Å². The number of thioether (sulfide) groups is 1. The van der Waals surface area contributed by atoms with Crippen LogP contribution in [0, 0.1) is 0 Å². The summed E-state index contributed by atoms with van der Waals surface area (Å²) in [4.78, 5) is 35.8. The van der Waals surface area contributed by atoms with Gasteiger partial charge in [-0.1, -0.05) is 36.8 Å². The van der Waals surface area contributed by atoms with Crippen molar-refractivity contribution in [3.8, 4) is 0 Å². The van der Waals surface area contributed by atoms with Gasteiger partial charge < -0.3 is 20.7 Å². The van der Waals surface area contributed by atoms with Crippen LogP contribution in [0.4, 0.5) is 10.5 Å². The zero-order valence-corrected chi connectivity index (χ0v) is 18.5. The highest BCUT2D eigenvalue weighted by Gasteiger charge is 2.42. The molecule has 2 heterocycles. The normalized spacial score (nSPS) is 21.4. The number of rotatable bonds is 9. The molecule has 0 aliphatic carbocycles. The number of carbonyl (C=O) groups is 3. The van der Waals surface area contributed by atoms with Crippen molar-refractivity contribution in [2.24, 2.45) is 0 Å². The molecule has 2 aliphatic heterocycles. The molecule has 3 atom stereocenters. The van der Waals surface area contributed by atoms with Crippen molar-refractivity contribution < 1.29 is 19.1 Å². The van der Waals surface area contributed by atoms with Gasteiger partial charge in [-0.15, -0.1) is 0 Å². The number of para-hydroxylation sites is 1. The van der Waals surface area contributed by atoms with Crippen LogP contribution in [-0.4, -0.2) is 41.0 Å². The quantitative estimate of drug-likeness (QED) is 0.306. The molecule has 3 N–H and O–H groups in total. The first-order valence-electron chi connectivity index (χ1n) is 10.9. The SMILES string of the molecule is O=C1N[C@H]2[C@H](CCCCC(=O)OCc3ccc(C(=O)Nc4ccccc4)cc3)SC[C@H]2N1. The summed E-state index contributed by atoms with van der Waals surface area (Å²) in [5, 5.41) is 9.18. The minimum absolute atomic E-state index is 0.0706. The van der Waals surface area contributed by atoms with E-state index in [9.17, 15) is 14.4 Å². The molecule has 3 amide bonds. The molecule has 0 radical (unpaired) electrons. The van der Waals surface area contributed by atoms with Crippen molar-refractivity contribution in [2.75, 3.05) is 11.1 Å². The molecule has 0 saturated carbocycles. The fraction of sp³-hybridized carbons (Fsp3) is 0.375. The number of hydrogen-bond donors (Lipinski definition) is 3. The number of benzene rings is 2. The summed E-state index contributed by atoms with van der Waals surface area (Å²) < 4.78 is 5.37. The predicted octanol–water partition coefficient (Wildman–Crippen LogP) is 3.71. The van der Waals surface area contributed by atoms with Crippen molar-refractivity contribution in [3.05, 3.63) is 65.7 Å². The summed E-state index contributed by atoms with van der Waals surface area (Å²) in [5.74, 6) is 0.547. The van der Waals surface area contributed by atoms with Crippen molar-refractivity contribution in [2.45, 2.75) is 49.6 Å². The minimum atomic E-state index is -0.219. The topological polar surface area (TPSA) is 96.5 Å². The van der Waals surface area contributed by atoms with Crippen LogP contribution in [0.5, 0.6) is 0 Å². The van der Waals surface area contributed by atoms with E-state index in [0.29, 0.717) is 17.2 Å². The highest BCUT2D eigenvalue weighted by Crippen LogP contribution is 2.33. The Morgan fingerprint density at radius 2 is 1.81 bits per heavy atom. The van der Waals surface area contributed by atoms with Gasteiger partial charge in [-0.25, -0.2) is 4.79 Å². The van der Waals surface area contributed by atoms with E-state index in [-0.39, 0.29) is 36.6 Å². The second kappa shape index (κ2) is 10.5. The summed E-state index contributed by atoms with van der Waals surface area (Å²) in [6.45, 7) is 0.194. The second-order valence-electron chi connectivity index (χ2n) is 8.05. The average Bonchev–Trinajstić information content (AvgIpc) is 3.35. The molecule has 2 fully saturated rings. The summed E-state index contributed by atoms with van der Waals surface area (Å²) in [6, 6.07) is 16.7. The summed E-state index contributed by atoms with van der Waals surface area (Å²) in [7, 11) is 0. The van der Waals surface area contributed by atoms with Gasteiger partial charge in [0, 0.05) is 28.7 Å². The lowest BCUT2D eigenvalue weighted by molar-refractivity contribution is -0.145. The van der Waals surface area contributed by atoms with Crippen LogP contribution in [-0.2, 0) is 16.1 Å². The fourth-order valence-corrected chi connectivity index (χ4v) is 5.51. The molecule has 8 heteroatoms. The third-order valence-electron chi connectivity index (χ3n) is 5.71. The Balaban J connectivity index is 1.13. The number of nitrogens with one attached hydrogen (secondary N) is 3. The van der Waals surface area contributed by atoms with E-state index in [1.807, 2.05) is 42.1 Å². The van der Waals surface area contributed by atoms with Gasteiger partial charge in [-0.05, 0) is 42.7 Å². The first kappa shape index (κ1) is 22.2. The first-order chi connectivity index (χ1) is 15.6. The van der Waals surface area contributed by atoms with Crippen LogP contribution in [0.15, 0.2) is 54.6 Å². The van der Waals surface area contributed by atoms with E-state index in [4.69, 9.17) is 4.74 Å². The molecular formula is C24H27N3O4S. The Kier molecular flexibility index (Phi) is 7.32. The lowest BCUT2D eigenvalue weighted by Crippen LogP contribution is -2.36. The van der Waals surface area contributed by atoms with E-state index in [0.717, 1.165) is 36.3 Å². The van der Waals surface area contributed by atoms with Crippen molar-refractivity contribution >= 4 is 35.4 Å². The van der Waals surface area contributed by atoms with Crippen LogP contribution < -0.4 is 16.0 Å². The maximum atomic E-state index is 12.3. The molecule has 2 aliphatic rings. The van der Waals surface area contributed by atoms with E-state index in [2.05, 4.69) is 16.0 Å². The maximum Gasteiger partial charge on any atom is 0.315 e. The predicted molar refractivity (Wildman–Crippen MR) is 125 cm³/mol. The fourth-order valence-electron chi connectivity index (χ4n) is 3.97. The Hall–Kier alpha value is -3.00. The van der Waals surface area contributed by atoms with Crippen molar-refractivity contribution in [3.63, 3.8) is 0 Å². The van der Waals surface area contributed by atoms with Gasteiger partial charge in [0.15, 0.2) is 0 Å². The standard InChI is InChI=1S/C24H27N3O4S/c28-21(9-5-4-8-20-22-19(15-32-20)26-24(30)27-22)31-14-16-10-12-17(13-11-16)23(29)25-18-6-2-1-3-7-18/h1-3,6-7,10-13,19-20,22H,4-5,8-9,14-15H2,(H,25,29)(H2,26,27,30)/t19-,20+,22-/m1/s1. The maximum absolute atomic E-state index is 12.3. The molecule has 2 saturated heterocycles. The minimum Gasteiger partial charge on any atom is -0.461 e. The number of unbranched alkanes of at least 4 members (excludes halogenated alkanes) is 1. The third kappa shape index (κ3) is 5.82. The highest BCUT2D eigenvalue weighted by molar-refractivity contribution is 8.00. The number of esters is 1. The zero-order chi connectivity index (χ0) is 22.3. The van der Waals surface area contributed by atoms with Crippen LogP contribution in [0.25, 0.3) is 0 Å². The lowest BCUT2D eigenvalue weighted by Gasteiger charge is -2.16. The third-order valence-corrected chi connectivity index (χ3v) is 7.21. The molecule has 0 aromatic heterocycles. The molecule has 2 aromatic carbocycles. The van der Waals surface area contributed by atoms with Crippen LogP contribution >= 0.6 is 11.8 Å². The molecular weight excluding hydrogens is 426 g/mol. The number of hydrogen-bond acceptors (Lipinski definition) is 5. The first-order valence-corrected chi connectivity index (χ1v) is 11.9. The number of carbonyl (C=O) groups excluding carboxylic acids is 3. The second-order valence-corrected chi connectivity index (χ2v) is 9.32. The number of fused-ring (bicyclic) bond motifs is 1. The summed E-state index contributed by atoms with van der Waals surface area (Å²) in [6.07, 6.45) is 3.06. The van der Waals surface area contributed by atoms with Gasteiger partial charge in [0.25, 0.3) is 5.91 Å². The molecule has 4 rings (SSSR count). The van der Waals surface area contributed by atoms with E-state index < -0.39 is 0 Å². The smallest absolute Gasteiger partial charge is 0.315 e. The number of amides is 3. The van der Waals surface area contributed by atoms with Crippen LogP contribution in [0.1, 0.15) is 41.6 Å². The van der Waals surface area contributed by atoms with Gasteiger partial charge in [0.2, 0.25) is 0 Å². The molecule has 0 bridgehead atoms. The zero-order valence-electron chi connectivity index (χ0n) is 17.7. The Morgan fingerprint density at radius 3 is 2.59 bits per heavy atom. The Morgan fingerprint density at radius 1 is 1.03 bits per heavy atom. The van der Waals surface area contributed by atoms with E-state index >= 15 is 0 Å². The molecule has 168 valence electrons. The average molecular weight is 454 g/mol. The Labute approximate surface area is 191 Å². The van der Waals surface area contributed by atoms with Gasteiger partial charge in [0.05, 0.1) is 12.1 Å². The molecule has 2 aromatic rings. The largest absolute Gasteiger partial charge is 0.461 e. The lowest BCUT2D eigenvalue weighted by atomic mass is 10.0. The van der Waals surface area contributed by atoms with Gasteiger partial charge in [-0.2, -0.15) is 11.8 Å². The molecule has 32 heavy (non-hydrogen) atoms. The summed E-state index contributed by atoms with van der Waals surface area (Å²) >= 11 is 1.88. The Bertz CT molecular complexity index is 951. The van der Waals surface area contributed by atoms with Crippen molar-refractivity contribution in [1.82, 2.24) is 10.6 Å². The van der Waals surface area contributed by atoms with Crippen LogP contribution in [0.3, 0.4) is 0 Å². The van der Waals surface area contributed by atoms with Crippen molar-refractivity contribution in [1.29, 1.82) is 0 Å². The van der Waals surface area contributed by atoms with Gasteiger partial charge in [0.1, 0.15) is 6.61 Å². The molecule has 0 unspecified atom stereocenters.